The van der Waals surface area contributed by atoms with E-state index in [0.717, 1.165) is 17.0 Å². The number of aryl methyl sites for hydroxylation is 1. The molecule has 0 saturated heterocycles. The van der Waals surface area contributed by atoms with Gasteiger partial charge < -0.3 is 4.74 Å². The highest BCUT2D eigenvalue weighted by Crippen LogP contribution is 2.33. The predicted molar refractivity (Wildman–Crippen MR) is 127 cm³/mol. The molecule has 2 aromatic heterocycles. The van der Waals surface area contributed by atoms with Gasteiger partial charge >= 0.3 is 0 Å². The van der Waals surface area contributed by atoms with Crippen molar-refractivity contribution in [3.63, 3.8) is 0 Å². The van der Waals surface area contributed by atoms with Gasteiger partial charge in [-0.25, -0.2) is 4.98 Å². The van der Waals surface area contributed by atoms with Crippen molar-refractivity contribution >= 4 is 22.9 Å². The number of hydrogen-bond acceptors (Lipinski definition) is 6. The van der Waals surface area contributed by atoms with Crippen molar-refractivity contribution in [3.8, 4) is 34.3 Å². The highest BCUT2D eigenvalue weighted by Gasteiger charge is 2.31. The Labute approximate surface area is 199 Å². The van der Waals surface area contributed by atoms with Gasteiger partial charge in [-0.15, -0.1) is 11.3 Å². The summed E-state index contributed by atoms with van der Waals surface area (Å²) in [5.74, 6) is -1.04. The predicted octanol–water partition coefficient (Wildman–Crippen LogP) is 5.05. The average Bonchev–Trinajstić information content (AvgIpc) is 3.43. The standard InChI is InChI=1S/C24H18ClN5O2S/c1-14-21(22(17(11-26)12-27)16-3-7-18(25)8-4-16)23(31)30(29-14)24-28-20(13-33-24)15-5-9-19(32-2)10-6-15/h3-10,13,17,22,29H,1-2H3/t22-/m0/s1. The van der Waals surface area contributed by atoms with Crippen molar-refractivity contribution < 1.29 is 4.74 Å². The Balaban J connectivity index is 1.78. The first-order valence-electron chi connectivity index (χ1n) is 9.93. The lowest BCUT2D eigenvalue weighted by molar-refractivity contribution is 0.415. The van der Waals surface area contributed by atoms with E-state index in [1.165, 1.54) is 16.0 Å². The summed E-state index contributed by atoms with van der Waals surface area (Å²) in [5.41, 5.74) is 2.85. The normalized spacial score (nSPS) is 11.7. The summed E-state index contributed by atoms with van der Waals surface area (Å²) >= 11 is 7.33. The molecule has 7 nitrogen and oxygen atoms in total. The Bertz CT molecular complexity index is 1410. The second-order valence-corrected chi connectivity index (χ2v) is 8.57. The summed E-state index contributed by atoms with van der Waals surface area (Å²) < 4.78 is 6.55. The van der Waals surface area contributed by atoms with Crippen molar-refractivity contribution in [2.24, 2.45) is 5.92 Å². The van der Waals surface area contributed by atoms with Crippen LogP contribution in [0.4, 0.5) is 0 Å². The smallest absolute Gasteiger partial charge is 0.277 e. The molecule has 2 heterocycles. The molecule has 0 amide bonds. The van der Waals surface area contributed by atoms with E-state index in [2.05, 4.69) is 10.1 Å². The Morgan fingerprint density at radius 2 is 1.79 bits per heavy atom. The van der Waals surface area contributed by atoms with Gasteiger partial charge in [-0.05, 0) is 48.9 Å². The molecule has 0 aliphatic heterocycles. The Kier molecular flexibility index (Phi) is 6.32. The van der Waals surface area contributed by atoms with Crippen molar-refractivity contribution in [2.45, 2.75) is 12.8 Å². The molecule has 0 spiro atoms. The van der Waals surface area contributed by atoms with Crippen LogP contribution in [0, 0.1) is 35.5 Å². The lowest BCUT2D eigenvalue weighted by Crippen LogP contribution is -2.23. The molecule has 0 fully saturated rings. The topological polar surface area (TPSA) is 107 Å². The fourth-order valence-electron chi connectivity index (χ4n) is 3.70. The monoisotopic (exact) mass is 475 g/mol. The number of thiazole rings is 1. The number of nitrogens with one attached hydrogen (secondary N) is 1. The third-order valence-electron chi connectivity index (χ3n) is 5.34. The number of nitrogens with zero attached hydrogens (tertiary/aromatic N) is 4. The van der Waals surface area contributed by atoms with Crippen molar-refractivity contribution in [1.82, 2.24) is 14.8 Å². The molecule has 2 aromatic carbocycles. The van der Waals surface area contributed by atoms with Crippen LogP contribution in [-0.4, -0.2) is 21.9 Å². The molecule has 0 saturated carbocycles. The molecule has 9 heteroatoms. The zero-order chi connectivity index (χ0) is 23.5. The van der Waals surface area contributed by atoms with Gasteiger partial charge in [-0.2, -0.15) is 15.2 Å². The van der Waals surface area contributed by atoms with Crippen LogP contribution in [0.3, 0.4) is 0 Å². The van der Waals surface area contributed by atoms with E-state index in [-0.39, 0.29) is 5.56 Å². The average molecular weight is 476 g/mol. The third kappa shape index (κ3) is 4.27. The number of methoxy groups -OCH3 is 1. The molecule has 1 N–H and O–H groups in total. The van der Waals surface area contributed by atoms with Gasteiger partial charge in [0, 0.05) is 33.1 Å². The van der Waals surface area contributed by atoms with E-state index in [0.29, 0.717) is 27.0 Å². The van der Waals surface area contributed by atoms with Gasteiger partial charge in [-0.1, -0.05) is 23.7 Å². The summed E-state index contributed by atoms with van der Waals surface area (Å²) in [4.78, 5) is 18.1. The largest absolute Gasteiger partial charge is 0.497 e. The number of aromatic nitrogens is 3. The SMILES string of the molecule is COc1ccc(-c2csc(-n3[nH]c(C)c([C@@H](c4ccc(Cl)cc4)C(C#N)C#N)c3=O)n2)cc1. The highest BCUT2D eigenvalue weighted by atomic mass is 35.5. The summed E-state index contributed by atoms with van der Waals surface area (Å²) in [6, 6.07) is 18.3. The summed E-state index contributed by atoms with van der Waals surface area (Å²) in [6.07, 6.45) is 0. The van der Waals surface area contributed by atoms with Crippen molar-refractivity contribution in [1.29, 1.82) is 10.5 Å². The van der Waals surface area contributed by atoms with Crippen LogP contribution >= 0.6 is 22.9 Å². The first-order valence-corrected chi connectivity index (χ1v) is 11.2. The van der Waals surface area contributed by atoms with Crippen LogP contribution in [0.5, 0.6) is 5.75 Å². The molecular weight excluding hydrogens is 458 g/mol. The van der Waals surface area contributed by atoms with E-state index < -0.39 is 11.8 Å². The Morgan fingerprint density at radius 3 is 2.39 bits per heavy atom. The molecule has 0 unspecified atom stereocenters. The number of H-pyrrole nitrogens is 1. The summed E-state index contributed by atoms with van der Waals surface area (Å²) in [7, 11) is 1.61. The van der Waals surface area contributed by atoms with Gasteiger partial charge in [0.2, 0.25) is 5.13 Å². The van der Waals surface area contributed by atoms with E-state index in [4.69, 9.17) is 16.3 Å². The van der Waals surface area contributed by atoms with E-state index >= 15 is 0 Å². The quantitative estimate of drug-likeness (QED) is 0.419. The second kappa shape index (κ2) is 9.33. The van der Waals surface area contributed by atoms with Crippen LogP contribution < -0.4 is 10.3 Å². The molecule has 4 aromatic rings. The molecule has 33 heavy (non-hydrogen) atoms. The molecule has 0 aliphatic rings. The number of nitriles is 2. The fraction of sp³-hybridized carbons (Fsp3) is 0.167. The van der Waals surface area contributed by atoms with E-state index in [1.54, 1.807) is 38.3 Å². The van der Waals surface area contributed by atoms with Gasteiger partial charge in [0.25, 0.3) is 5.56 Å². The van der Waals surface area contributed by atoms with Crippen LogP contribution in [0.15, 0.2) is 58.7 Å². The number of hydrogen-bond donors (Lipinski definition) is 1. The number of rotatable bonds is 6. The third-order valence-corrected chi connectivity index (χ3v) is 6.42. The molecule has 0 radical (unpaired) electrons. The fourth-order valence-corrected chi connectivity index (χ4v) is 4.61. The minimum atomic E-state index is -1.05. The van der Waals surface area contributed by atoms with Crippen LogP contribution in [-0.2, 0) is 0 Å². The maximum absolute atomic E-state index is 13.5. The van der Waals surface area contributed by atoms with E-state index in [9.17, 15) is 15.3 Å². The first-order chi connectivity index (χ1) is 16.0. The molecule has 4 rings (SSSR count). The van der Waals surface area contributed by atoms with Gasteiger partial charge in [0.15, 0.2) is 0 Å². The summed E-state index contributed by atoms with van der Waals surface area (Å²) in [5, 5.41) is 25.1. The number of ether oxygens (including phenoxy) is 1. The highest BCUT2D eigenvalue weighted by molar-refractivity contribution is 7.12. The van der Waals surface area contributed by atoms with Crippen molar-refractivity contribution in [3.05, 3.63) is 86.1 Å². The van der Waals surface area contributed by atoms with Crippen LogP contribution in [0.25, 0.3) is 16.4 Å². The summed E-state index contributed by atoms with van der Waals surface area (Å²) in [6.45, 7) is 1.75. The maximum Gasteiger partial charge on any atom is 0.277 e. The number of benzene rings is 2. The Hall–Kier alpha value is -3.85. The zero-order valence-electron chi connectivity index (χ0n) is 17.7. The minimum Gasteiger partial charge on any atom is -0.497 e. The lowest BCUT2D eigenvalue weighted by atomic mass is 9.82. The van der Waals surface area contributed by atoms with Gasteiger partial charge in [-0.3, -0.25) is 9.89 Å². The Morgan fingerprint density at radius 1 is 1.12 bits per heavy atom. The molecule has 164 valence electrons. The number of halogens is 1. The van der Waals surface area contributed by atoms with E-state index in [1.807, 2.05) is 41.8 Å². The molecule has 0 bridgehead atoms. The second-order valence-electron chi connectivity index (χ2n) is 7.30. The van der Waals surface area contributed by atoms with Gasteiger partial charge in [0.05, 0.1) is 24.9 Å². The first kappa shape index (κ1) is 22.3. The van der Waals surface area contributed by atoms with Crippen molar-refractivity contribution in [2.75, 3.05) is 7.11 Å². The van der Waals surface area contributed by atoms with Crippen LogP contribution in [0.2, 0.25) is 5.02 Å². The zero-order valence-corrected chi connectivity index (χ0v) is 19.3. The van der Waals surface area contributed by atoms with Crippen LogP contribution in [0.1, 0.15) is 22.7 Å². The minimum absolute atomic E-state index is 0.349. The molecular formula is C24H18ClN5O2S. The molecule has 1 atom stereocenters. The lowest BCUT2D eigenvalue weighted by Gasteiger charge is -2.17. The maximum atomic E-state index is 13.5. The van der Waals surface area contributed by atoms with Gasteiger partial charge in [0.1, 0.15) is 11.7 Å². The molecule has 0 aliphatic carbocycles. The number of aromatic amines is 1.